The third-order valence-electron chi connectivity index (χ3n) is 2.39. The van der Waals surface area contributed by atoms with Gasteiger partial charge in [0.25, 0.3) is 0 Å². The number of nitrogens with one attached hydrogen (secondary N) is 2. The number of carbonyl (C=O) groups is 3. The molecule has 0 aliphatic heterocycles. The quantitative estimate of drug-likeness (QED) is 0.677. The molecule has 0 bridgehead atoms. The Hall–Kier alpha value is -2.77. The number of hydrogen-bond acceptors (Lipinski definition) is 5. The zero-order chi connectivity index (χ0) is 15.8. The summed E-state index contributed by atoms with van der Waals surface area (Å²) in [7, 11) is 1.33. The maximum atomic E-state index is 11.6. The SMILES string of the molecule is CCOC(=O)CNC(=O)Nc1ccc(C(=O)O)c(OC)c1. The van der Waals surface area contributed by atoms with Crippen LogP contribution in [0.4, 0.5) is 10.5 Å². The maximum Gasteiger partial charge on any atom is 0.339 e. The number of anilines is 1. The number of urea groups is 1. The van der Waals surface area contributed by atoms with Gasteiger partial charge in [0.2, 0.25) is 0 Å². The fourth-order valence-electron chi connectivity index (χ4n) is 1.49. The third-order valence-corrected chi connectivity index (χ3v) is 2.39. The minimum atomic E-state index is -1.13. The van der Waals surface area contributed by atoms with Crippen molar-refractivity contribution in [1.29, 1.82) is 0 Å². The van der Waals surface area contributed by atoms with Gasteiger partial charge in [-0.2, -0.15) is 0 Å². The van der Waals surface area contributed by atoms with E-state index in [1.165, 1.54) is 25.3 Å². The van der Waals surface area contributed by atoms with Gasteiger partial charge in [-0.3, -0.25) is 4.79 Å². The number of carboxylic acid groups (broad SMARTS) is 1. The van der Waals surface area contributed by atoms with Gasteiger partial charge >= 0.3 is 18.0 Å². The summed E-state index contributed by atoms with van der Waals surface area (Å²) in [6.07, 6.45) is 0. The second-order valence-electron chi connectivity index (χ2n) is 3.83. The Kier molecular flexibility index (Phi) is 5.99. The van der Waals surface area contributed by atoms with Crippen LogP contribution >= 0.6 is 0 Å². The van der Waals surface area contributed by atoms with E-state index in [1.807, 2.05) is 0 Å². The molecule has 8 nitrogen and oxygen atoms in total. The fraction of sp³-hybridized carbons (Fsp3) is 0.308. The monoisotopic (exact) mass is 296 g/mol. The van der Waals surface area contributed by atoms with Crippen LogP contribution in [0.15, 0.2) is 18.2 Å². The van der Waals surface area contributed by atoms with Crippen molar-refractivity contribution in [1.82, 2.24) is 5.32 Å². The van der Waals surface area contributed by atoms with Crippen LogP contribution in [0.5, 0.6) is 5.75 Å². The number of ether oxygens (including phenoxy) is 2. The van der Waals surface area contributed by atoms with Crippen LogP contribution < -0.4 is 15.4 Å². The third kappa shape index (κ3) is 5.01. The number of hydrogen-bond donors (Lipinski definition) is 3. The van der Waals surface area contributed by atoms with Crippen LogP contribution in [0.2, 0.25) is 0 Å². The van der Waals surface area contributed by atoms with Crippen LogP contribution in [0.25, 0.3) is 0 Å². The van der Waals surface area contributed by atoms with Crippen LogP contribution in [-0.4, -0.2) is 43.3 Å². The van der Waals surface area contributed by atoms with Crippen molar-refractivity contribution in [2.45, 2.75) is 6.92 Å². The number of carbonyl (C=O) groups excluding carboxylic acids is 2. The lowest BCUT2D eigenvalue weighted by molar-refractivity contribution is -0.141. The first-order valence-electron chi connectivity index (χ1n) is 6.09. The van der Waals surface area contributed by atoms with E-state index in [0.29, 0.717) is 5.69 Å². The molecule has 0 unspecified atom stereocenters. The Balaban J connectivity index is 2.64. The molecule has 114 valence electrons. The second kappa shape index (κ2) is 7.73. The lowest BCUT2D eigenvalue weighted by Crippen LogP contribution is -2.34. The Morgan fingerprint density at radius 3 is 2.57 bits per heavy atom. The summed E-state index contributed by atoms with van der Waals surface area (Å²) in [5.74, 6) is -1.57. The number of methoxy groups -OCH3 is 1. The average molecular weight is 296 g/mol. The number of rotatable bonds is 6. The second-order valence-corrected chi connectivity index (χ2v) is 3.83. The lowest BCUT2D eigenvalue weighted by atomic mass is 10.2. The van der Waals surface area contributed by atoms with Crippen molar-refractivity contribution in [2.24, 2.45) is 0 Å². The summed E-state index contributed by atoms with van der Waals surface area (Å²) in [5.41, 5.74) is 0.313. The maximum absolute atomic E-state index is 11.6. The molecule has 2 amide bonds. The Morgan fingerprint density at radius 1 is 1.29 bits per heavy atom. The zero-order valence-electron chi connectivity index (χ0n) is 11.6. The highest BCUT2D eigenvalue weighted by Crippen LogP contribution is 2.23. The first-order valence-corrected chi connectivity index (χ1v) is 6.09. The van der Waals surface area contributed by atoms with Crippen molar-refractivity contribution in [3.63, 3.8) is 0 Å². The van der Waals surface area contributed by atoms with Crippen molar-refractivity contribution < 1.29 is 29.0 Å². The predicted molar refractivity (Wildman–Crippen MR) is 73.6 cm³/mol. The first-order chi connectivity index (χ1) is 9.97. The molecular weight excluding hydrogens is 280 g/mol. The standard InChI is InChI=1S/C13H16N2O6/c1-3-21-11(16)7-14-13(19)15-8-4-5-9(12(17)18)10(6-8)20-2/h4-6H,3,7H2,1-2H3,(H,17,18)(H2,14,15,19). The molecule has 0 aromatic heterocycles. The number of carboxylic acids is 1. The minimum absolute atomic E-state index is 0.0185. The van der Waals surface area contributed by atoms with Gasteiger partial charge in [-0.05, 0) is 19.1 Å². The van der Waals surface area contributed by atoms with Gasteiger partial charge in [-0.25, -0.2) is 9.59 Å². The van der Waals surface area contributed by atoms with Crippen molar-refractivity contribution in [3.8, 4) is 5.75 Å². The summed E-state index contributed by atoms with van der Waals surface area (Å²) in [5, 5.41) is 13.7. The molecule has 0 aliphatic carbocycles. The molecule has 1 aromatic rings. The predicted octanol–water partition coefficient (Wildman–Crippen LogP) is 1.08. The fourth-order valence-corrected chi connectivity index (χ4v) is 1.49. The molecule has 0 atom stereocenters. The molecule has 1 aromatic carbocycles. The van der Waals surface area contributed by atoms with E-state index in [2.05, 4.69) is 15.4 Å². The topological polar surface area (TPSA) is 114 Å². The number of aromatic carboxylic acids is 1. The summed E-state index contributed by atoms with van der Waals surface area (Å²) in [6.45, 7) is 1.63. The molecule has 0 radical (unpaired) electrons. The van der Waals surface area contributed by atoms with E-state index in [-0.39, 0.29) is 24.5 Å². The highest BCUT2D eigenvalue weighted by atomic mass is 16.5. The smallest absolute Gasteiger partial charge is 0.339 e. The lowest BCUT2D eigenvalue weighted by Gasteiger charge is -2.10. The number of amides is 2. The Bertz CT molecular complexity index is 543. The zero-order valence-corrected chi connectivity index (χ0v) is 11.6. The van der Waals surface area contributed by atoms with E-state index < -0.39 is 18.0 Å². The number of esters is 1. The first kappa shape index (κ1) is 16.3. The normalized spacial score (nSPS) is 9.62. The van der Waals surface area contributed by atoms with Gasteiger partial charge in [0.15, 0.2) is 0 Å². The molecule has 21 heavy (non-hydrogen) atoms. The van der Waals surface area contributed by atoms with Crippen LogP contribution in [0.1, 0.15) is 17.3 Å². The van der Waals surface area contributed by atoms with E-state index in [0.717, 1.165) is 0 Å². The minimum Gasteiger partial charge on any atom is -0.496 e. The Morgan fingerprint density at radius 2 is 2.00 bits per heavy atom. The molecule has 0 heterocycles. The van der Waals surface area contributed by atoms with Gasteiger partial charge in [0.1, 0.15) is 17.9 Å². The molecule has 1 rings (SSSR count). The van der Waals surface area contributed by atoms with Crippen LogP contribution in [0.3, 0.4) is 0 Å². The molecule has 0 fully saturated rings. The summed E-state index contributed by atoms with van der Waals surface area (Å²) >= 11 is 0. The highest BCUT2D eigenvalue weighted by Gasteiger charge is 2.12. The molecule has 3 N–H and O–H groups in total. The molecule has 0 aliphatic rings. The van der Waals surface area contributed by atoms with Gasteiger partial charge in [-0.15, -0.1) is 0 Å². The molecular formula is C13H16N2O6. The van der Waals surface area contributed by atoms with Gasteiger partial charge in [-0.1, -0.05) is 0 Å². The van der Waals surface area contributed by atoms with Gasteiger partial charge in [0.05, 0.1) is 13.7 Å². The molecule has 0 saturated heterocycles. The van der Waals surface area contributed by atoms with Crippen LogP contribution in [0, 0.1) is 0 Å². The van der Waals surface area contributed by atoms with Gasteiger partial charge in [0, 0.05) is 11.8 Å². The summed E-state index contributed by atoms with van der Waals surface area (Å²) in [4.78, 5) is 33.5. The molecule has 0 spiro atoms. The number of benzene rings is 1. The molecule has 0 saturated carbocycles. The van der Waals surface area contributed by atoms with Crippen molar-refractivity contribution in [3.05, 3.63) is 23.8 Å². The summed E-state index contributed by atoms with van der Waals surface area (Å²) < 4.78 is 9.59. The van der Waals surface area contributed by atoms with Gasteiger partial charge < -0.3 is 25.2 Å². The van der Waals surface area contributed by atoms with E-state index in [9.17, 15) is 14.4 Å². The van der Waals surface area contributed by atoms with Crippen molar-refractivity contribution in [2.75, 3.05) is 25.6 Å². The average Bonchev–Trinajstić information content (AvgIpc) is 2.45. The molecule has 8 heteroatoms. The van der Waals surface area contributed by atoms with Crippen molar-refractivity contribution >= 4 is 23.7 Å². The van der Waals surface area contributed by atoms with E-state index in [4.69, 9.17) is 9.84 Å². The Labute approximate surface area is 121 Å². The van der Waals surface area contributed by atoms with E-state index >= 15 is 0 Å². The van der Waals surface area contributed by atoms with E-state index in [1.54, 1.807) is 6.92 Å². The van der Waals surface area contributed by atoms with Crippen LogP contribution in [-0.2, 0) is 9.53 Å². The summed E-state index contributed by atoms with van der Waals surface area (Å²) in [6, 6.07) is 3.47. The largest absolute Gasteiger partial charge is 0.496 e. The highest BCUT2D eigenvalue weighted by molar-refractivity contribution is 5.94.